The fourth-order valence-corrected chi connectivity index (χ4v) is 1.96. The molecule has 0 amide bonds. The number of ether oxygens (including phenoxy) is 1. The minimum Gasteiger partial charge on any atom is -0.492 e. The Bertz CT molecular complexity index is 542. The van der Waals surface area contributed by atoms with Gasteiger partial charge in [-0.15, -0.1) is 0 Å². The summed E-state index contributed by atoms with van der Waals surface area (Å²) in [4.78, 5) is 0. The highest BCUT2D eigenvalue weighted by Gasteiger charge is 2.09. The zero-order valence-electron chi connectivity index (χ0n) is 11.2. The highest BCUT2D eigenvalue weighted by molar-refractivity contribution is 5.57. The third-order valence-corrected chi connectivity index (χ3v) is 2.91. The number of nitrogens with one attached hydrogen (secondary N) is 1. The lowest BCUT2D eigenvalue weighted by molar-refractivity contribution is 0.341. The molecule has 0 fully saturated rings. The highest BCUT2D eigenvalue weighted by Crippen LogP contribution is 2.28. The molecule has 0 heterocycles. The number of hydrogen-bond donors (Lipinski definition) is 1. The molecule has 0 aliphatic carbocycles. The van der Waals surface area contributed by atoms with Crippen molar-refractivity contribution in [2.45, 2.75) is 19.9 Å². The third kappa shape index (κ3) is 3.47. The van der Waals surface area contributed by atoms with E-state index in [9.17, 15) is 4.39 Å². The van der Waals surface area contributed by atoms with Crippen LogP contribution in [0.3, 0.4) is 0 Å². The van der Waals surface area contributed by atoms with E-state index in [1.54, 1.807) is 12.1 Å². The summed E-state index contributed by atoms with van der Waals surface area (Å²) in [5.74, 6) is 0.595. The summed E-state index contributed by atoms with van der Waals surface area (Å²) in [6.07, 6.45) is 0. The van der Waals surface area contributed by atoms with Crippen molar-refractivity contribution in [1.82, 2.24) is 0 Å². The maximum absolute atomic E-state index is 13.2. The van der Waals surface area contributed by atoms with Crippen LogP contribution in [0, 0.1) is 5.82 Å². The largest absolute Gasteiger partial charge is 0.492 e. The van der Waals surface area contributed by atoms with E-state index in [1.165, 1.54) is 6.07 Å². The average Bonchev–Trinajstić information content (AvgIpc) is 2.41. The molecule has 3 heteroatoms. The van der Waals surface area contributed by atoms with Gasteiger partial charge in [0.25, 0.3) is 0 Å². The van der Waals surface area contributed by atoms with Crippen molar-refractivity contribution < 1.29 is 9.13 Å². The highest BCUT2D eigenvalue weighted by atomic mass is 19.1. The van der Waals surface area contributed by atoms with Gasteiger partial charge in [-0.1, -0.05) is 24.3 Å². The van der Waals surface area contributed by atoms with Gasteiger partial charge in [-0.05, 0) is 43.7 Å². The summed E-state index contributed by atoms with van der Waals surface area (Å²) in [6.45, 7) is 4.57. The van der Waals surface area contributed by atoms with Gasteiger partial charge >= 0.3 is 0 Å². The van der Waals surface area contributed by atoms with E-state index >= 15 is 0 Å². The molecule has 2 nitrogen and oxygen atoms in total. The molecule has 0 bridgehead atoms. The van der Waals surface area contributed by atoms with Crippen LogP contribution in [0.15, 0.2) is 48.5 Å². The summed E-state index contributed by atoms with van der Waals surface area (Å²) in [6, 6.07) is 14.4. The predicted molar refractivity (Wildman–Crippen MR) is 76.0 cm³/mol. The van der Waals surface area contributed by atoms with Crippen LogP contribution >= 0.6 is 0 Å². The molecule has 0 radical (unpaired) electrons. The fourth-order valence-electron chi connectivity index (χ4n) is 1.96. The van der Waals surface area contributed by atoms with Gasteiger partial charge in [0.15, 0.2) is 0 Å². The topological polar surface area (TPSA) is 21.3 Å². The Balaban J connectivity index is 2.16. The van der Waals surface area contributed by atoms with Crippen LogP contribution in [0.1, 0.15) is 25.5 Å². The Kier molecular flexibility index (Phi) is 4.39. The van der Waals surface area contributed by atoms with Crippen LogP contribution in [0.2, 0.25) is 0 Å². The Hall–Kier alpha value is -2.03. The number of anilines is 1. The molecular formula is C16H18FNO. The van der Waals surface area contributed by atoms with Gasteiger partial charge in [0.2, 0.25) is 0 Å². The van der Waals surface area contributed by atoms with Crippen molar-refractivity contribution in [2.24, 2.45) is 0 Å². The van der Waals surface area contributed by atoms with Crippen molar-refractivity contribution in [1.29, 1.82) is 0 Å². The van der Waals surface area contributed by atoms with Gasteiger partial charge in [-0.2, -0.15) is 0 Å². The predicted octanol–water partition coefficient (Wildman–Crippen LogP) is 4.40. The van der Waals surface area contributed by atoms with E-state index < -0.39 is 0 Å². The molecule has 1 atom stereocenters. The third-order valence-electron chi connectivity index (χ3n) is 2.91. The number of para-hydroxylation sites is 2. The second kappa shape index (κ2) is 6.23. The summed E-state index contributed by atoms with van der Waals surface area (Å²) in [5.41, 5.74) is 1.83. The number of rotatable bonds is 5. The number of benzene rings is 2. The van der Waals surface area contributed by atoms with E-state index in [0.29, 0.717) is 6.61 Å². The molecule has 2 aromatic carbocycles. The normalized spacial score (nSPS) is 11.9. The molecule has 0 saturated carbocycles. The van der Waals surface area contributed by atoms with Gasteiger partial charge in [0.1, 0.15) is 11.6 Å². The lowest BCUT2D eigenvalue weighted by atomic mass is 10.1. The van der Waals surface area contributed by atoms with Crippen LogP contribution in [-0.4, -0.2) is 6.61 Å². The number of hydrogen-bond acceptors (Lipinski definition) is 2. The van der Waals surface area contributed by atoms with Crippen LogP contribution in [0.4, 0.5) is 10.1 Å². The molecular weight excluding hydrogens is 241 g/mol. The second-order valence-corrected chi connectivity index (χ2v) is 4.35. The Morgan fingerprint density at radius 3 is 2.68 bits per heavy atom. The Morgan fingerprint density at radius 2 is 1.95 bits per heavy atom. The minimum atomic E-state index is -0.218. The van der Waals surface area contributed by atoms with Gasteiger partial charge in [-0.25, -0.2) is 4.39 Å². The maximum Gasteiger partial charge on any atom is 0.142 e. The van der Waals surface area contributed by atoms with Crippen molar-refractivity contribution in [3.8, 4) is 5.75 Å². The first-order valence-electron chi connectivity index (χ1n) is 6.44. The van der Waals surface area contributed by atoms with E-state index in [-0.39, 0.29) is 11.9 Å². The minimum absolute atomic E-state index is 0.0114. The van der Waals surface area contributed by atoms with Crippen molar-refractivity contribution in [3.05, 3.63) is 59.9 Å². The van der Waals surface area contributed by atoms with Gasteiger partial charge in [-0.3, -0.25) is 0 Å². The second-order valence-electron chi connectivity index (χ2n) is 4.35. The summed E-state index contributed by atoms with van der Waals surface area (Å²) >= 11 is 0. The van der Waals surface area contributed by atoms with Gasteiger partial charge < -0.3 is 10.1 Å². The quantitative estimate of drug-likeness (QED) is 0.859. The maximum atomic E-state index is 13.2. The summed E-state index contributed by atoms with van der Waals surface area (Å²) in [7, 11) is 0. The van der Waals surface area contributed by atoms with Crippen molar-refractivity contribution in [3.63, 3.8) is 0 Å². The Morgan fingerprint density at radius 1 is 1.16 bits per heavy atom. The lowest BCUT2D eigenvalue weighted by Crippen LogP contribution is -2.08. The monoisotopic (exact) mass is 259 g/mol. The molecule has 0 aromatic heterocycles. The molecule has 0 aliphatic rings. The standard InChI is InChI=1S/C16H18FNO/c1-3-19-16-10-5-4-9-15(16)18-12(2)13-7-6-8-14(17)11-13/h4-12,18H,3H2,1-2H3. The van der Waals surface area contributed by atoms with Crippen LogP contribution in [-0.2, 0) is 0 Å². The van der Waals surface area contributed by atoms with E-state index in [1.807, 2.05) is 44.2 Å². The molecule has 0 saturated heterocycles. The zero-order chi connectivity index (χ0) is 13.7. The van der Waals surface area contributed by atoms with E-state index in [2.05, 4.69) is 5.32 Å². The lowest BCUT2D eigenvalue weighted by Gasteiger charge is -2.18. The Labute approximate surface area is 113 Å². The first-order chi connectivity index (χ1) is 9.20. The van der Waals surface area contributed by atoms with Gasteiger partial charge in [0, 0.05) is 6.04 Å². The van der Waals surface area contributed by atoms with E-state index in [4.69, 9.17) is 4.74 Å². The fraction of sp³-hybridized carbons (Fsp3) is 0.250. The van der Waals surface area contributed by atoms with Crippen LogP contribution in [0.25, 0.3) is 0 Å². The molecule has 0 aliphatic heterocycles. The molecule has 2 rings (SSSR count). The summed E-state index contributed by atoms with van der Waals surface area (Å²) < 4.78 is 18.8. The summed E-state index contributed by atoms with van der Waals surface area (Å²) in [5, 5.41) is 3.35. The molecule has 2 aromatic rings. The van der Waals surface area contributed by atoms with Crippen molar-refractivity contribution in [2.75, 3.05) is 11.9 Å². The van der Waals surface area contributed by atoms with Crippen LogP contribution in [0.5, 0.6) is 5.75 Å². The molecule has 100 valence electrons. The zero-order valence-corrected chi connectivity index (χ0v) is 11.2. The number of halogens is 1. The molecule has 1 N–H and O–H groups in total. The average molecular weight is 259 g/mol. The molecule has 1 unspecified atom stereocenters. The molecule has 0 spiro atoms. The van der Waals surface area contributed by atoms with Crippen LogP contribution < -0.4 is 10.1 Å². The first kappa shape index (κ1) is 13.4. The first-order valence-corrected chi connectivity index (χ1v) is 6.44. The van der Waals surface area contributed by atoms with E-state index in [0.717, 1.165) is 17.0 Å². The van der Waals surface area contributed by atoms with Gasteiger partial charge in [0.05, 0.1) is 12.3 Å². The smallest absolute Gasteiger partial charge is 0.142 e. The molecule has 19 heavy (non-hydrogen) atoms. The SMILES string of the molecule is CCOc1ccccc1NC(C)c1cccc(F)c1. The van der Waals surface area contributed by atoms with Crippen molar-refractivity contribution >= 4 is 5.69 Å².